The lowest BCUT2D eigenvalue weighted by atomic mass is 9.95. The van der Waals surface area contributed by atoms with E-state index in [1.54, 1.807) is 7.05 Å². The van der Waals surface area contributed by atoms with Crippen LogP contribution in [0.25, 0.3) is 0 Å². The molecule has 0 radical (unpaired) electrons. The summed E-state index contributed by atoms with van der Waals surface area (Å²) in [5.74, 6) is 0.452. The van der Waals surface area contributed by atoms with Crippen molar-refractivity contribution in [3.8, 4) is 0 Å². The summed E-state index contributed by atoms with van der Waals surface area (Å²) < 4.78 is 0. The van der Waals surface area contributed by atoms with Crippen LogP contribution in [-0.2, 0) is 0 Å². The molecule has 0 bridgehead atoms. The van der Waals surface area contributed by atoms with Gasteiger partial charge in [0.15, 0.2) is 0 Å². The van der Waals surface area contributed by atoms with E-state index in [-0.39, 0.29) is 6.10 Å². The van der Waals surface area contributed by atoms with Crippen molar-refractivity contribution in [1.82, 2.24) is 0 Å². The standard InChI is InChI=1S/C8H13NO/c1-9-6-7-2-4-8(10)5-3-7/h2,4,6-8,10H,3,5H2,1H3/b9-6+/t7-,8?/m1/s1. The van der Waals surface area contributed by atoms with Crippen LogP contribution in [0.3, 0.4) is 0 Å². The summed E-state index contributed by atoms with van der Waals surface area (Å²) in [6.45, 7) is 0. The van der Waals surface area contributed by atoms with Gasteiger partial charge >= 0.3 is 0 Å². The van der Waals surface area contributed by atoms with Crippen LogP contribution in [0.5, 0.6) is 0 Å². The largest absolute Gasteiger partial charge is 0.389 e. The second kappa shape index (κ2) is 3.52. The maximum atomic E-state index is 9.06. The average molecular weight is 139 g/mol. The van der Waals surface area contributed by atoms with Crippen molar-refractivity contribution >= 4 is 6.21 Å². The molecule has 0 aromatic rings. The Kier molecular flexibility index (Phi) is 2.63. The van der Waals surface area contributed by atoms with Crippen LogP contribution in [-0.4, -0.2) is 24.5 Å². The van der Waals surface area contributed by atoms with E-state index in [4.69, 9.17) is 5.11 Å². The first-order chi connectivity index (χ1) is 4.83. The highest BCUT2D eigenvalue weighted by Gasteiger charge is 2.10. The summed E-state index contributed by atoms with van der Waals surface area (Å²) in [4.78, 5) is 3.93. The van der Waals surface area contributed by atoms with Crippen LogP contribution >= 0.6 is 0 Å². The molecule has 0 aromatic carbocycles. The summed E-state index contributed by atoms with van der Waals surface area (Å²) in [5.41, 5.74) is 0. The van der Waals surface area contributed by atoms with E-state index in [1.807, 2.05) is 18.4 Å². The molecule has 0 saturated heterocycles. The zero-order chi connectivity index (χ0) is 7.40. The predicted octanol–water partition coefficient (Wildman–Crippen LogP) is 1.01. The van der Waals surface area contributed by atoms with Gasteiger partial charge in [0.25, 0.3) is 0 Å². The third-order valence-electron chi connectivity index (χ3n) is 1.72. The van der Waals surface area contributed by atoms with Crippen molar-refractivity contribution in [2.24, 2.45) is 10.9 Å². The molecule has 1 unspecified atom stereocenters. The summed E-state index contributed by atoms with van der Waals surface area (Å²) in [6, 6.07) is 0. The third-order valence-corrected chi connectivity index (χ3v) is 1.72. The number of aliphatic hydroxyl groups is 1. The number of allylic oxidation sites excluding steroid dienone is 1. The molecule has 0 aliphatic heterocycles. The van der Waals surface area contributed by atoms with Crippen molar-refractivity contribution in [3.05, 3.63) is 12.2 Å². The van der Waals surface area contributed by atoms with Crippen LogP contribution in [0.15, 0.2) is 17.1 Å². The van der Waals surface area contributed by atoms with Crippen LogP contribution in [0.1, 0.15) is 12.8 Å². The van der Waals surface area contributed by atoms with E-state index in [1.165, 1.54) is 0 Å². The third kappa shape index (κ3) is 1.95. The lowest BCUT2D eigenvalue weighted by Crippen LogP contribution is -2.12. The Morgan fingerprint density at radius 2 is 2.30 bits per heavy atom. The molecular formula is C8H13NO. The molecule has 2 nitrogen and oxygen atoms in total. The molecule has 1 aliphatic rings. The Morgan fingerprint density at radius 3 is 2.80 bits per heavy atom. The van der Waals surface area contributed by atoms with Gasteiger partial charge in [-0.2, -0.15) is 0 Å². The van der Waals surface area contributed by atoms with Crippen molar-refractivity contribution in [1.29, 1.82) is 0 Å². The molecule has 10 heavy (non-hydrogen) atoms. The van der Waals surface area contributed by atoms with Crippen LogP contribution in [0.2, 0.25) is 0 Å². The first-order valence-corrected chi connectivity index (χ1v) is 3.61. The van der Waals surface area contributed by atoms with Gasteiger partial charge in [-0.15, -0.1) is 0 Å². The smallest absolute Gasteiger partial charge is 0.0721 e. The van der Waals surface area contributed by atoms with Gasteiger partial charge < -0.3 is 10.1 Å². The first-order valence-electron chi connectivity index (χ1n) is 3.61. The summed E-state index contributed by atoms with van der Waals surface area (Å²) >= 11 is 0. The first kappa shape index (κ1) is 7.48. The van der Waals surface area contributed by atoms with E-state index in [2.05, 4.69) is 4.99 Å². The van der Waals surface area contributed by atoms with Gasteiger partial charge in [-0.25, -0.2) is 0 Å². The van der Waals surface area contributed by atoms with Crippen LogP contribution < -0.4 is 0 Å². The monoisotopic (exact) mass is 139 g/mol. The molecule has 0 aromatic heterocycles. The van der Waals surface area contributed by atoms with E-state index < -0.39 is 0 Å². The second-order valence-electron chi connectivity index (χ2n) is 2.60. The lowest BCUT2D eigenvalue weighted by Gasteiger charge is -2.15. The molecule has 2 atom stereocenters. The minimum absolute atomic E-state index is 0.221. The van der Waals surface area contributed by atoms with Gasteiger partial charge in [0.2, 0.25) is 0 Å². The van der Waals surface area contributed by atoms with Gasteiger partial charge in [-0.3, -0.25) is 0 Å². The Balaban J connectivity index is 2.45. The maximum Gasteiger partial charge on any atom is 0.0721 e. The zero-order valence-corrected chi connectivity index (χ0v) is 6.20. The van der Waals surface area contributed by atoms with E-state index in [0.717, 1.165) is 12.8 Å². The van der Waals surface area contributed by atoms with E-state index in [0.29, 0.717) is 5.92 Å². The molecule has 1 aliphatic carbocycles. The molecule has 0 fully saturated rings. The molecule has 1 rings (SSSR count). The molecule has 0 heterocycles. The highest BCUT2D eigenvalue weighted by molar-refractivity contribution is 5.63. The van der Waals surface area contributed by atoms with Gasteiger partial charge in [0.05, 0.1) is 6.10 Å². The van der Waals surface area contributed by atoms with Crippen molar-refractivity contribution < 1.29 is 5.11 Å². The van der Waals surface area contributed by atoms with Gasteiger partial charge in [0.1, 0.15) is 0 Å². The van der Waals surface area contributed by atoms with Crippen molar-refractivity contribution in [2.75, 3.05) is 7.05 Å². The predicted molar refractivity (Wildman–Crippen MR) is 42.3 cm³/mol. The minimum atomic E-state index is -0.221. The van der Waals surface area contributed by atoms with Crippen LogP contribution in [0.4, 0.5) is 0 Å². The fourth-order valence-electron chi connectivity index (χ4n) is 1.14. The topological polar surface area (TPSA) is 32.6 Å². The van der Waals surface area contributed by atoms with Gasteiger partial charge in [-0.05, 0) is 12.8 Å². The van der Waals surface area contributed by atoms with Crippen molar-refractivity contribution in [2.45, 2.75) is 18.9 Å². The van der Waals surface area contributed by atoms with Crippen molar-refractivity contribution in [3.63, 3.8) is 0 Å². The quantitative estimate of drug-likeness (QED) is 0.427. The number of hydrogen-bond donors (Lipinski definition) is 1. The highest BCUT2D eigenvalue weighted by Crippen LogP contribution is 2.15. The normalized spacial score (nSPS) is 33.4. The number of hydrogen-bond acceptors (Lipinski definition) is 2. The second-order valence-corrected chi connectivity index (χ2v) is 2.60. The highest BCUT2D eigenvalue weighted by atomic mass is 16.3. The number of aliphatic hydroxyl groups excluding tert-OH is 1. The summed E-state index contributed by atoms with van der Waals surface area (Å²) in [7, 11) is 1.78. The fourth-order valence-corrected chi connectivity index (χ4v) is 1.14. The van der Waals surface area contributed by atoms with Gasteiger partial charge in [0, 0.05) is 19.2 Å². The number of nitrogens with zero attached hydrogens (tertiary/aromatic N) is 1. The SMILES string of the molecule is C/N=C/[C@@H]1C=CC(O)CC1. The van der Waals surface area contributed by atoms with E-state index >= 15 is 0 Å². The molecule has 0 spiro atoms. The Bertz CT molecular complexity index is 151. The Labute approximate surface area is 61.3 Å². The average Bonchev–Trinajstić information content (AvgIpc) is 1.95. The van der Waals surface area contributed by atoms with Crippen LogP contribution in [0, 0.1) is 5.92 Å². The van der Waals surface area contributed by atoms with E-state index in [9.17, 15) is 0 Å². The Hall–Kier alpha value is -0.630. The molecule has 2 heteroatoms. The minimum Gasteiger partial charge on any atom is -0.389 e. The lowest BCUT2D eigenvalue weighted by molar-refractivity contribution is 0.201. The number of aliphatic imine (C=N–C) groups is 1. The molecule has 0 saturated carbocycles. The number of rotatable bonds is 1. The molecule has 0 amide bonds. The fraction of sp³-hybridized carbons (Fsp3) is 0.625. The summed E-state index contributed by atoms with van der Waals surface area (Å²) in [6.07, 6.45) is 7.45. The molecule has 56 valence electrons. The Morgan fingerprint density at radius 1 is 1.50 bits per heavy atom. The zero-order valence-electron chi connectivity index (χ0n) is 6.20. The molecular weight excluding hydrogens is 126 g/mol. The molecule has 1 N–H and O–H groups in total. The maximum absolute atomic E-state index is 9.06. The summed E-state index contributed by atoms with van der Waals surface area (Å²) in [5, 5.41) is 9.06. The van der Waals surface area contributed by atoms with Gasteiger partial charge in [-0.1, -0.05) is 12.2 Å².